The van der Waals surface area contributed by atoms with Crippen molar-refractivity contribution in [3.63, 3.8) is 0 Å². The van der Waals surface area contributed by atoms with Gasteiger partial charge in [-0.3, -0.25) is 0 Å². The molecule has 0 spiro atoms. The Bertz CT molecular complexity index is 408. The molecule has 0 saturated heterocycles. The first kappa shape index (κ1) is 8.12. The molecule has 0 amide bonds. The summed E-state index contributed by atoms with van der Waals surface area (Å²) in [4.78, 5) is 0. The standard InChI is InChI=1S/C8H11N5/c1-2-6(9)8-12-11-7-4-3-5-10-13(7)8/h3-6H,2,9H2,1H3. The molecular weight excluding hydrogens is 166 g/mol. The molecule has 2 aromatic rings. The summed E-state index contributed by atoms with van der Waals surface area (Å²) in [6.07, 6.45) is 2.53. The van der Waals surface area contributed by atoms with Crippen LogP contribution in [0.25, 0.3) is 5.65 Å². The molecule has 0 aromatic carbocycles. The van der Waals surface area contributed by atoms with Crippen LogP contribution in [0.15, 0.2) is 18.3 Å². The van der Waals surface area contributed by atoms with Gasteiger partial charge in [-0.05, 0) is 18.6 Å². The Morgan fingerprint density at radius 2 is 2.38 bits per heavy atom. The highest BCUT2D eigenvalue weighted by Crippen LogP contribution is 2.10. The normalized spacial score (nSPS) is 13.4. The molecule has 0 aliphatic heterocycles. The molecule has 2 rings (SSSR count). The van der Waals surface area contributed by atoms with Gasteiger partial charge in [-0.2, -0.15) is 9.61 Å². The van der Waals surface area contributed by atoms with Gasteiger partial charge < -0.3 is 5.73 Å². The molecule has 5 nitrogen and oxygen atoms in total. The smallest absolute Gasteiger partial charge is 0.177 e. The van der Waals surface area contributed by atoms with E-state index in [1.165, 1.54) is 0 Å². The van der Waals surface area contributed by atoms with E-state index in [9.17, 15) is 0 Å². The van der Waals surface area contributed by atoms with E-state index in [1.54, 1.807) is 10.7 Å². The van der Waals surface area contributed by atoms with Crippen LogP contribution in [0.1, 0.15) is 25.2 Å². The average molecular weight is 177 g/mol. The number of fused-ring (bicyclic) bond motifs is 1. The lowest BCUT2D eigenvalue weighted by Crippen LogP contribution is -2.13. The zero-order valence-corrected chi connectivity index (χ0v) is 7.38. The highest BCUT2D eigenvalue weighted by atomic mass is 15.4. The summed E-state index contributed by atoms with van der Waals surface area (Å²) in [6, 6.07) is 3.59. The summed E-state index contributed by atoms with van der Waals surface area (Å²) in [5.41, 5.74) is 6.58. The summed E-state index contributed by atoms with van der Waals surface area (Å²) in [7, 11) is 0. The molecule has 5 heteroatoms. The van der Waals surface area contributed by atoms with Crippen LogP contribution in [0.3, 0.4) is 0 Å². The van der Waals surface area contributed by atoms with E-state index in [0.29, 0.717) is 0 Å². The Labute approximate surface area is 75.6 Å². The quantitative estimate of drug-likeness (QED) is 0.726. The molecule has 0 fully saturated rings. The maximum atomic E-state index is 5.84. The van der Waals surface area contributed by atoms with Gasteiger partial charge in [0.15, 0.2) is 11.5 Å². The zero-order chi connectivity index (χ0) is 9.26. The van der Waals surface area contributed by atoms with Crippen LogP contribution in [0.5, 0.6) is 0 Å². The zero-order valence-electron chi connectivity index (χ0n) is 7.38. The first-order valence-corrected chi connectivity index (χ1v) is 4.25. The van der Waals surface area contributed by atoms with Crippen LogP contribution in [0.2, 0.25) is 0 Å². The minimum atomic E-state index is -0.0927. The van der Waals surface area contributed by atoms with E-state index in [0.717, 1.165) is 17.9 Å². The van der Waals surface area contributed by atoms with E-state index < -0.39 is 0 Å². The Kier molecular flexibility index (Phi) is 1.94. The predicted octanol–water partition coefficient (Wildman–Crippen LogP) is 0.534. The van der Waals surface area contributed by atoms with Crippen LogP contribution in [-0.4, -0.2) is 19.8 Å². The molecule has 0 radical (unpaired) electrons. The first-order valence-electron chi connectivity index (χ1n) is 4.25. The molecule has 13 heavy (non-hydrogen) atoms. The number of hydrogen-bond acceptors (Lipinski definition) is 4. The highest BCUT2D eigenvalue weighted by molar-refractivity contribution is 5.35. The van der Waals surface area contributed by atoms with Crippen LogP contribution >= 0.6 is 0 Å². The average Bonchev–Trinajstić information content (AvgIpc) is 2.60. The monoisotopic (exact) mass is 177 g/mol. The molecule has 0 aliphatic rings. The fraction of sp³-hybridized carbons (Fsp3) is 0.375. The molecule has 0 aliphatic carbocycles. The molecule has 2 N–H and O–H groups in total. The second kappa shape index (κ2) is 3.10. The van der Waals surface area contributed by atoms with Gasteiger partial charge in [0.2, 0.25) is 0 Å². The van der Waals surface area contributed by atoms with Gasteiger partial charge in [0.05, 0.1) is 6.04 Å². The predicted molar refractivity (Wildman–Crippen MR) is 48.0 cm³/mol. The third-order valence-electron chi connectivity index (χ3n) is 1.97. The summed E-state index contributed by atoms with van der Waals surface area (Å²) < 4.78 is 1.67. The van der Waals surface area contributed by atoms with Gasteiger partial charge in [0.25, 0.3) is 0 Å². The molecular formula is C8H11N5. The number of hydrogen-bond donors (Lipinski definition) is 1. The summed E-state index contributed by atoms with van der Waals surface area (Å²) >= 11 is 0. The molecule has 0 saturated carbocycles. The SMILES string of the molecule is CCC(N)c1nnc2cccnn12. The maximum absolute atomic E-state index is 5.84. The van der Waals surface area contributed by atoms with Crippen LogP contribution < -0.4 is 5.73 Å². The Morgan fingerprint density at radius 1 is 1.54 bits per heavy atom. The lowest BCUT2D eigenvalue weighted by atomic mass is 10.2. The lowest BCUT2D eigenvalue weighted by Gasteiger charge is -2.04. The summed E-state index contributed by atoms with van der Waals surface area (Å²) in [6.45, 7) is 2.01. The van der Waals surface area contributed by atoms with Crippen molar-refractivity contribution in [2.45, 2.75) is 19.4 Å². The second-order valence-corrected chi connectivity index (χ2v) is 2.87. The van der Waals surface area contributed by atoms with Gasteiger partial charge in [-0.1, -0.05) is 6.92 Å². The first-order chi connectivity index (χ1) is 6.33. The largest absolute Gasteiger partial charge is 0.321 e. The van der Waals surface area contributed by atoms with E-state index in [4.69, 9.17) is 5.73 Å². The second-order valence-electron chi connectivity index (χ2n) is 2.87. The minimum Gasteiger partial charge on any atom is -0.321 e. The van der Waals surface area contributed by atoms with Crippen molar-refractivity contribution in [3.05, 3.63) is 24.2 Å². The topological polar surface area (TPSA) is 69.1 Å². The summed E-state index contributed by atoms with van der Waals surface area (Å²) in [5, 5.41) is 12.1. The summed E-state index contributed by atoms with van der Waals surface area (Å²) in [5.74, 6) is 0.720. The van der Waals surface area contributed by atoms with Crippen molar-refractivity contribution < 1.29 is 0 Å². The fourth-order valence-electron chi connectivity index (χ4n) is 1.17. The number of rotatable bonds is 2. The van der Waals surface area contributed by atoms with E-state index in [2.05, 4.69) is 15.3 Å². The highest BCUT2D eigenvalue weighted by Gasteiger charge is 2.11. The van der Waals surface area contributed by atoms with Crippen molar-refractivity contribution in [3.8, 4) is 0 Å². The third kappa shape index (κ3) is 1.27. The van der Waals surface area contributed by atoms with Crippen LogP contribution in [0, 0.1) is 0 Å². The maximum Gasteiger partial charge on any atom is 0.177 e. The molecule has 0 bridgehead atoms. The van der Waals surface area contributed by atoms with Crippen molar-refractivity contribution in [1.82, 2.24) is 19.8 Å². The van der Waals surface area contributed by atoms with E-state index in [-0.39, 0.29) is 6.04 Å². The van der Waals surface area contributed by atoms with Crippen molar-refractivity contribution in [1.29, 1.82) is 0 Å². The Hall–Kier alpha value is -1.49. The van der Waals surface area contributed by atoms with Gasteiger partial charge >= 0.3 is 0 Å². The van der Waals surface area contributed by atoms with Gasteiger partial charge in [-0.15, -0.1) is 10.2 Å². The molecule has 2 heterocycles. The Balaban J connectivity index is 2.57. The van der Waals surface area contributed by atoms with E-state index >= 15 is 0 Å². The van der Waals surface area contributed by atoms with Crippen molar-refractivity contribution >= 4 is 5.65 Å². The molecule has 2 aromatic heterocycles. The fourth-order valence-corrected chi connectivity index (χ4v) is 1.17. The number of aromatic nitrogens is 4. The van der Waals surface area contributed by atoms with Crippen LogP contribution in [-0.2, 0) is 0 Å². The van der Waals surface area contributed by atoms with Crippen molar-refractivity contribution in [2.75, 3.05) is 0 Å². The van der Waals surface area contributed by atoms with Gasteiger partial charge in [-0.25, -0.2) is 0 Å². The van der Waals surface area contributed by atoms with Crippen molar-refractivity contribution in [2.24, 2.45) is 5.73 Å². The van der Waals surface area contributed by atoms with Gasteiger partial charge in [0, 0.05) is 6.20 Å². The third-order valence-corrected chi connectivity index (χ3v) is 1.97. The van der Waals surface area contributed by atoms with Crippen LogP contribution in [0.4, 0.5) is 0 Å². The number of nitrogens with two attached hydrogens (primary N) is 1. The minimum absolute atomic E-state index is 0.0927. The van der Waals surface area contributed by atoms with Gasteiger partial charge in [0.1, 0.15) is 0 Å². The Morgan fingerprint density at radius 3 is 3.15 bits per heavy atom. The molecule has 1 unspecified atom stereocenters. The lowest BCUT2D eigenvalue weighted by molar-refractivity contribution is 0.623. The van der Waals surface area contributed by atoms with E-state index in [1.807, 2.05) is 19.1 Å². The molecule has 1 atom stereocenters. The number of nitrogens with zero attached hydrogens (tertiary/aromatic N) is 4. The molecule has 68 valence electrons.